The van der Waals surface area contributed by atoms with Gasteiger partial charge in [-0.1, -0.05) is 0 Å². The van der Waals surface area contributed by atoms with E-state index in [0.717, 1.165) is 5.00 Å². The number of carbonyl (C=O) groups excluding carboxylic acids is 1. The third-order valence-electron chi connectivity index (χ3n) is 1.75. The van der Waals surface area contributed by atoms with Crippen molar-refractivity contribution < 1.29 is 9.53 Å². The normalized spacial score (nSPS) is 9.75. The number of nitrogens with two attached hydrogens (primary N) is 1. The van der Waals surface area contributed by atoms with Crippen LogP contribution in [0.5, 0.6) is 0 Å². The van der Waals surface area contributed by atoms with Gasteiger partial charge >= 0.3 is 0 Å². The second-order valence-corrected chi connectivity index (χ2v) is 3.80. The first-order valence-electron chi connectivity index (χ1n) is 4.61. The van der Waals surface area contributed by atoms with Crippen LogP contribution in [0.4, 0.5) is 5.00 Å². The standard InChI is InChI=1S/C9H12N4O2S/c1-6-7(4-10)9(16-13-6)12-2-3-15-5-8(11)14/h12H,2-3,5H2,1H3,(H2,11,14). The molecule has 1 heterocycles. The number of hydrogen-bond acceptors (Lipinski definition) is 6. The Labute approximate surface area is 97.2 Å². The Morgan fingerprint density at radius 1 is 1.75 bits per heavy atom. The second-order valence-electron chi connectivity index (χ2n) is 3.03. The molecular weight excluding hydrogens is 228 g/mol. The Hall–Kier alpha value is -1.65. The number of primary amides is 1. The maximum absolute atomic E-state index is 10.4. The highest BCUT2D eigenvalue weighted by atomic mass is 32.1. The maximum Gasteiger partial charge on any atom is 0.243 e. The van der Waals surface area contributed by atoms with E-state index in [4.69, 9.17) is 15.7 Å². The summed E-state index contributed by atoms with van der Waals surface area (Å²) in [6.45, 7) is 2.55. The van der Waals surface area contributed by atoms with Crippen LogP contribution in [0.15, 0.2) is 0 Å². The van der Waals surface area contributed by atoms with Crippen LogP contribution in [0.1, 0.15) is 11.3 Å². The lowest BCUT2D eigenvalue weighted by Crippen LogP contribution is -2.20. The molecule has 0 atom stereocenters. The molecule has 86 valence electrons. The largest absolute Gasteiger partial charge is 0.372 e. The minimum atomic E-state index is -0.494. The van der Waals surface area contributed by atoms with Crippen LogP contribution in [0.25, 0.3) is 0 Å². The van der Waals surface area contributed by atoms with Gasteiger partial charge in [0.25, 0.3) is 0 Å². The molecule has 0 saturated carbocycles. The van der Waals surface area contributed by atoms with Gasteiger partial charge in [-0.25, -0.2) is 0 Å². The molecule has 1 rings (SSSR count). The molecule has 0 spiro atoms. The van der Waals surface area contributed by atoms with Crippen LogP contribution in [-0.4, -0.2) is 30.0 Å². The summed E-state index contributed by atoms with van der Waals surface area (Å²) >= 11 is 1.23. The molecule has 3 N–H and O–H groups in total. The van der Waals surface area contributed by atoms with Crippen LogP contribution in [0, 0.1) is 18.3 Å². The van der Waals surface area contributed by atoms with E-state index < -0.39 is 5.91 Å². The van der Waals surface area contributed by atoms with Gasteiger partial charge < -0.3 is 15.8 Å². The fourth-order valence-corrected chi connectivity index (χ4v) is 1.80. The number of nitrogens with zero attached hydrogens (tertiary/aromatic N) is 2. The number of ether oxygens (including phenoxy) is 1. The molecule has 0 aliphatic rings. The molecule has 1 aromatic heterocycles. The minimum absolute atomic E-state index is 0.0888. The van der Waals surface area contributed by atoms with Crippen molar-refractivity contribution in [3.8, 4) is 6.07 Å². The topological polar surface area (TPSA) is 101 Å². The highest BCUT2D eigenvalue weighted by Crippen LogP contribution is 2.22. The Bertz CT molecular complexity index is 410. The first kappa shape index (κ1) is 12.4. The monoisotopic (exact) mass is 240 g/mol. The third-order valence-corrected chi connectivity index (χ3v) is 2.65. The Balaban J connectivity index is 2.32. The van der Waals surface area contributed by atoms with E-state index in [9.17, 15) is 4.79 Å². The molecule has 7 heteroatoms. The first-order valence-corrected chi connectivity index (χ1v) is 5.38. The van der Waals surface area contributed by atoms with E-state index in [1.807, 2.05) is 0 Å². The third kappa shape index (κ3) is 3.49. The number of amides is 1. The van der Waals surface area contributed by atoms with E-state index in [1.54, 1.807) is 6.92 Å². The lowest BCUT2D eigenvalue weighted by atomic mass is 10.3. The maximum atomic E-state index is 10.4. The average molecular weight is 240 g/mol. The van der Waals surface area contributed by atoms with Crippen LogP contribution in [-0.2, 0) is 9.53 Å². The Kier molecular flexibility index (Phi) is 4.69. The van der Waals surface area contributed by atoms with Gasteiger partial charge in [-0.2, -0.15) is 9.64 Å². The number of aromatic nitrogens is 1. The molecule has 0 fully saturated rings. The number of aryl methyl sites for hydroxylation is 1. The molecular formula is C9H12N4O2S. The van der Waals surface area contributed by atoms with E-state index in [1.165, 1.54) is 11.5 Å². The van der Waals surface area contributed by atoms with Gasteiger partial charge in [0.2, 0.25) is 5.91 Å². The second kappa shape index (κ2) is 6.05. The van der Waals surface area contributed by atoms with Gasteiger partial charge in [-0.05, 0) is 18.5 Å². The van der Waals surface area contributed by atoms with Gasteiger partial charge in [0.05, 0.1) is 12.3 Å². The fraction of sp³-hybridized carbons (Fsp3) is 0.444. The fourth-order valence-electron chi connectivity index (χ4n) is 1.03. The predicted octanol–water partition coefficient (Wildman–Crippen LogP) is 0.237. The van der Waals surface area contributed by atoms with Crippen molar-refractivity contribution in [2.75, 3.05) is 25.1 Å². The van der Waals surface area contributed by atoms with E-state index in [2.05, 4.69) is 15.8 Å². The van der Waals surface area contributed by atoms with E-state index >= 15 is 0 Å². The molecule has 16 heavy (non-hydrogen) atoms. The van der Waals surface area contributed by atoms with Crippen molar-refractivity contribution in [3.63, 3.8) is 0 Å². The summed E-state index contributed by atoms with van der Waals surface area (Å²) in [5, 5.41) is 12.6. The van der Waals surface area contributed by atoms with Gasteiger partial charge in [0.1, 0.15) is 23.2 Å². The summed E-state index contributed by atoms with van der Waals surface area (Å²) in [4.78, 5) is 10.4. The number of carbonyl (C=O) groups is 1. The summed E-state index contributed by atoms with van der Waals surface area (Å²) in [6, 6.07) is 2.07. The smallest absolute Gasteiger partial charge is 0.243 e. The van der Waals surface area contributed by atoms with Crippen LogP contribution in [0.2, 0.25) is 0 Å². The molecule has 1 aromatic rings. The van der Waals surface area contributed by atoms with Crippen molar-refractivity contribution in [1.82, 2.24) is 4.37 Å². The molecule has 0 aliphatic carbocycles. The SMILES string of the molecule is Cc1nsc(NCCOCC(N)=O)c1C#N. The van der Waals surface area contributed by atoms with E-state index in [0.29, 0.717) is 24.4 Å². The van der Waals surface area contributed by atoms with Gasteiger partial charge in [0.15, 0.2) is 0 Å². The Morgan fingerprint density at radius 3 is 3.12 bits per heavy atom. The summed E-state index contributed by atoms with van der Waals surface area (Å²) in [5.74, 6) is -0.494. The number of rotatable bonds is 6. The molecule has 0 radical (unpaired) electrons. The molecule has 0 aliphatic heterocycles. The summed E-state index contributed by atoms with van der Waals surface area (Å²) < 4.78 is 9.02. The van der Waals surface area contributed by atoms with Crippen molar-refractivity contribution in [2.24, 2.45) is 5.73 Å². The molecule has 0 saturated heterocycles. The number of hydrogen-bond donors (Lipinski definition) is 2. The lowest BCUT2D eigenvalue weighted by Gasteiger charge is -2.03. The summed E-state index contributed by atoms with van der Waals surface area (Å²) in [5.41, 5.74) is 6.17. The van der Waals surface area contributed by atoms with Gasteiger partial charge in [-0.15, -0.1) is 0 Å². The zero-order valence-electron chi connectivity index (χ0n) is 8.82. The highest BCUT2D eigenvalue weighted by Gasteiger charge is 2.08. The van der Waals surface area contributed by atoms with Crippen molar-refractivity contribution >= 4 is 22.4 Å². The zero-order valence-corrected chi connectivity index (χ0v) is 9.63. The van der Waals surface area contributed by atoms with Crippen molar-refractivity contribution in [1.29, 1.82) is 5.26 Å². The van der Waals surface area contributed by atoms with Crippen molar-refractivity contribution in [3.05, 3.63) is 11.3 Å². The van der Waals surface area contributed by atoms with Gasteiger partial charge in [-0.3, -0.25) is 4.79 Å². The quantitative estimate of drug-likeness (QED) is 0.693. The highest BCUT2D eigenvalue weighted by molar-refractivity contribution is 7.10. The van der Waals surface area contributed by atoms with Gasteiger partial charge in [0, 0.05) is 6.54 Å². The predicted molar refractivity (Wildman–Crippen MR) is 60.1 cm³/mol. The first-order chi connectivity index (χ1) is 7.65. The number of nitrogens with one attached hydrogen (secondary N) is 1. The van der Waals surface area contributed by atoms with E-state index in [-0.39, 0.29) is 6.61 Å². The van der Waals surface area contributed by atoms with Crippen LogP contribution >= 0.6 is 11.5 Å². The lowest BCUT2D eigenvalue weighted by molar-refractivity contribution is -0.122. The zero-order chi connectivity index (χ0) is 12.0. The Morgan fingerprint density at radius 2 is 2.50 bits per heavy atom. The molecule has 0 aromatic carbocycles. The summed E-state index contributed by atoms with van der Waals surface area (Å²) in [6.07, 6.45) is 0. The molecule has 6 nitrogen and oxygen atoms in total. The van der Waals surface area contributed by atoms with Crippen LogP contribution < -0.4 is 11.1 Å². The molecule has 0 bridgehead atoms. The average Bonchev–Trinajstić information content (AvgIpc) is 2.58. The van der Waals surface area contributed by atoms with Crippen LogP contribution in [0.3, 0.4) is 0 Å². The molecule has 0 unspecified atom stereocenters. The minimum Gasteiger partial charge on any atom is -0.372 e. The van der Waals surface area contributed by atoms with Crippen molar-refractivity contribution in [2.45, 2.75) is 6.92 Å². The molecule has 1 amide bonds. The summed E-state index contributed by atoms with van der Waals surface area (Å²) in [7, 11) is 0. The number of nitriles is 1. The number of anilines is 1.